The maximum atomic E-state index is 12.5. The van der Waals surface area contributed by atoms with Crippen LogP contribution in [0.3, 0.4) is 0 Å². The second kappa shape index (κ2) is 10.4. The largest absolute Gasteiger partial charge is 0.340 e. The number of nitro groups is 1. The number of fused-ring (bicyclic) bond motifs is 1. The van der Waals surface area contributed by atoms with Crippen LogP contribution in [0.25, 0.3) is 28.0 Å². The van der Waals surface area contributed by atoms with E-state index in [1.165, 1.54) is 28.8 Å². The maximum Gasteiger partial charge on any atom is 0.269 e. The van der Waals surface area contributed by atoms with Crippen LogP contribution in [0.2, 0.25) is 0 Å². The van der Waals surface area contributed by atoms with Gasteiger partial charge in [-0.25, -0.2) is 4.98 Å². The molecule has 0 aliphatic carbocycles. The Kier molecular flexibility index (Phi) is 6.99. The summed E-state index contributed by atoms with van der Waals surface area (Å²) < 4.78 is 2.15. The number of non-ortho nitro benzene ring substituents is 1. The number of pyridine rings is 1. The predicted octanol–water partition coefficient (Wildman–Crippen LogP) is 5.49. The van der Waals surface area contributed by atoms with E-state index in [4.69, 9.17) is 4.98 Å². The Hall–Kier alpha value is -4.04. The number of hydrogen-bond acceptors (Lipinski definition) is 5. The monoisotopic (exact) mass is 511 g/mol. The zero-order chi connectivity index (χ0) is 27.0. The second-order valence-corrected chi connectivity index (χ2v) is 10.4. The Morgan fingerprint density at radius 1 is 0.974 bits per heavy atom. The Balaban J connectivity index is 1.54. The predicted molar refractivity (Wildman–Crippen MR) is 149 cm³/mol. The molecule has 5 rings (SSSR count). The number of rotatable bonds is 6. The lowest BCUT2D eigenvalue weighted by Crippen LogP contribution is -2.49. The highest BCUT2D eigenvalue weighted by Crippen LogP contribution is 2.31. The summed E-state index contributed by atoms with van der Waals surface area (Å²) in [7, 11) is 0. The molecule has 1 amide bonds. The van der Waals surface area contributed by atoms with Crippen LogP contribution in [0, 0.1) is 29.9 Å². The summed E-state index contributed by atoms with van der Waals surface area (Å²) in [5, 5.41) is 11.2. The molecule has 0 spiro atoms. The van der Waals surface area contributed by atoms with Gasteiger partial charge >= 0.3 is 0 Å². The lowest BCUT2D eigenvalue weighted by atomic mass is 10.00. The fraction of sp³-hybridized carbons (Fsp3) is 0.333. The number of hydrogen-bond donors (Lipinski definition) is 0. The maximum absolute atomic E-state index is 12.5. The van der Waals surface area contributed by atoms with Crippen LogP contribution in [-0.4, -0.2) is 56.2 Å². The molecule has 8 nitrogen and oxygen atoms in total. The molecule has 0 saturated carbocycles. The number of amides is 1. The minimum Gasteiger partial charge on any atom is -0.340 e. The Morgan fingerprint density at radius 2 is 1.66 bits per heavy atom. The van der Waals surface area contributed by atoms with Crippen molar-refractivity contribution in [3.8, 4) is 22.4 Å². The molecular weight excluding hydrogens is 478 g/mol. The van der Waals surface area contributed by atoms with Gasteiger partial charge in [0.15, 0.2) is 0 Å². The standard InChI is InChI=1S/C30H33N5O3/c1-20(2)30(36)33-15-13-32(14-16-33)19-27-29(23-7-10-25(11-8-23)35(37)38)31-28-12-9-24(18-34(27)28)26-17-21(3)5-6-22(26)4/h5-12,17-18,20H,13-16,19H2,1-4H3. The van der Waals surface area contributed by atoms with Crippen LogP contribution in [-0.2, 0) is 11.3 Å². The first-order valence-corrected chi connectivity index (χ1v) is 13.1. The van der Waals surface area contributed by atoms with E-state index in [2.05, 4.69) is 53.6 Å². The molecule has 0 unspecified atom stereocenters. The van der Waals surface area contributed by atoms with Crippen molar-refractivity contribution in [3.05, 3.63) is 87.7 Å². The van der Waals surface area contributed by atoms with Crippen LogP contribution in [0.1, 0.15) is 30.7 Å². The quantitative estimate of drug-likeness (QED) is 0.252. The van der Waals surface area contributed by atoms with Crippen LogP contribution in [0.15, 0.2) is 60.8 Å². The highest BCUT2D eigenvalue weighted by molar-refractivity contribution is 5.78. The molecule has 196 valence electrons. The van der Waals surface area contributed by atoms with Gasteiger partial charge < -0.3 is 9.30 Å². The average Bonchev–Trinajstić information content (AvgIpc) is 3.27. The Labute approximate surface area is 222 Å². The van der Waals surface area contributed by atoms with Gasteiger partial charge in [0.05, 0.1) is 16.3 Å². The molecule has 1 saturated heterocycles. The topological polar surface area (TPSA) is 84.0 Å². The smallest absolute Gasteiger partial charge is 0.269 e. The first-order chi connectivity index (χ1) is 18.2. The molecule has 0 radical (unpaired) electrons. The number of nitro benzene ring substituents is 1. The summed E-state index contributed by atoms with van der Waals surface area (Å²) in [4.78, 5) is 32.6. The number of nitrogens with zero attached hydrogens (tertiary/aromatic N) is 5. The Morgan fingerprint density at radius 3 is 2.32 bits per heavy atom. The van der Waals surface area contributed by atoms with Gasteiger partial charge in [0.2, 0.25) is 5.91 Å². The first-order valence-electron chi connectivity index (χ1n) is 13.1. The third-order valence-corrected chi connectivity index (χ3v) is 7.32. The molecule has 1 fully saturated rings. The van der Waals surface area contributed by atoms with Gasteiger partial charge in [0.25, 0.3) is 5.69 Å². The van der Waals surface area contributed by atoms with Gasteiger partial charge in [-0.3, -0.25) is 19.8 Å². The zero-order valence-corrected chi connectivity index (χ0v) is 22.3. The van der Waals surface area contributed by atoms with Crippen LogP contribution in [0.4, 0.5) is 5.69 Å². The van der Waals surface area contributed by atoms with Crippen molar-refractivity contribution in [1.82, 2.24) is 19.2 Å². The van der Waals surface area contributed by atoms with Crippen molar-refractivity contribution in [1.29, 1.82) is 0 Å². The lowest BCUT2D eigenvalue weighted by Gasteiger charge is -2.35. The Bertz CT molecular complexity index is 1500. The third kappa shape index (κ3) is 5.04. The van der Waals surface area contributed by atoms with Gasteiger partial charge in [0, 0.05) is 62.5 Å². The fourth-order valence-electron chi connectivity index (χ4n) is 5.13. The second-order valence-electron chi connectivity index (χ2n) is 10.4. The number of aromatic nitrogens is 2. The molecular formula is C30H33N5O3. The molecule has 38 heavy (non-hydrogen) atoms. The van der Waals surface area contributed by atoms with E-state index >= 15 is 0 Å². The summed E-state index contributed by atoms with van der Waals surface area (Å²) in [5.74, 6) is 0.196. The molecule has 1 aliphatic heterocycles. The molecule has 4 aromatic rings. The van der Waals surface area contributed by atoms with Gasteiger partial charge in [0.1, 0.15) is 5.65 Å². The van der Waals surface area contributed by atoms with Gasteiger partial charge in [-0.15, -0.1) is 0 Å². The first kappa shape index (κ1) is 25.6. The van der Waals surface area contributed by atoms with E-state index in [1.807, 2.05) is 24.8 Å². The van der Waals surface area contributed by atoms with Crippen molar-refractivity contribution in [2.75, 3.05) is 26.2 Å². The molecule has 0 N–H and O–H groups in total. The van der Waals surface area contributed by atoms with Gasteiger partial charge in [-0.1, -0.05) is 37.6 Å². The third-order valence-electron chi connectivity index (χ3n) is 7.32. The highest BCUT2D eigenvalue weighted by Gasteiger charge is 2.25. The SMILES string of the molecule is Cc1ccc(C)c(-c2ccc3nc(-c4ccc([N+](=O)[O-])cc4)c(CN4CCN(C(=O)C(C)C)CC4)n3c2)c1. The zero-order valence-electron chi connectivity index (χ0n) is 22.3. The van der Waals surface area contributed by atoms with Crippen molar-refractivity contribution in [2.24, 2.45) is 5.92 Å². The number of benzene rings is 2. The molecule has 3 heterocycles. The summed E-state index contributed by atoms with van der Waals surface area (Å²) >= 11 is 0. The molecule has 2 aromatic heterocycles. The van der Waals surface area contributed by atoms with Crippen LogP contribution in [0.5, 0.6) is 0 Å². The number of aryl methyl sites for hydroxylation is 2. The minimum absolute atomic E-state index is 0.00226. The van der Waals surface area contributed by atoms with E-state index in [0.717, 1.165) is 41.3 Å². The molecule has 2 aromatic carbocycles. The number of carbonyl (C=O) groups is 1. The summed E-state index contributed by atoms with van der Waals surface area (Å²) in [6.07, 6.45) is 2.15. The van der Waals surface area contributed by atoms with Crippen LogP contribution < -0.4 is 0 Å². The van der Waals surface area contributed by atoms with Gasteiger partial charge in [-0.2, -0.15) is 0 Å². The van der Waals surface area contributed by atoms with Crippen molar-refractivity contribution >= 4 is 17.2 Å². The highest BCUT2D eigenvalue weighted by atomic mass is 16.6. The number of carbonyl (C=O) groups excluding carboxylic acids is 1. The fourth-order valence-corrected chi connectivity index (χ4v) is 5.13. The summed E-state index contributed by atoms with van der Waals surface area (Å²) in [6, 6.07) is 17.2. The van der Waals surface area contributed by atoms with E-state index in [0.29, 0.717) is 19.6 Å². The van der Waals surface area contributed by atoms with E-state index < -0.39 is 0 Å². The number of imidazole rings is 1. The molecule has 0 bridgehead atoms. The van der Waals surface area contributed by atoms with Crippen molar-refractivity contribution in [3.63, 3.8) is 0 Å². The van der Waals surface area contributed by atoms with Gasteiger partial charge in [-0.05, 0) is 54.8 Å². The van der Waals surface area contributed by atoms with Crippen LogP contribution >= 0.6 is 0 Å². The molecule has 8 heteroatoms. The van der Waals surface area contributed by atoms with E-state index in [1.54, 1.807) is 12.1 Å². The lowest BCUT2D eigenvalue weighted by molar-refractivity contribution is -0.384. The minimum atomic E-state index is -0.386. The summed E-state index contributed by atoms with van der Waals surface area (Å²) in [6.45, 7) is 11.7. The average molecular weight is 512 g/mol. The molecule has 0 atom stereocenters. The van der Waals surface area contributed by atoms with E-state index in [-0.39, 0.29) is 22.4 Å². The molecule has 1 aliphatic rings. The van der Waals surface area contributed by atoms with E-state index in [9.17, 15) is 14.9 Å². The normalized spacial score (nSPS) is 14.4. The summed E-state index contributed by atoms with van der Waals surface area (Å²) in [5.41, 5.74) is 8.29. The number of piperazine rings is 1. The van der Waals surface area contributed by atoms with Crippen molar-refractivity contribution < 1.29 is 9.72 Å². The van der Waals surface area contributed by atoms with Crippen molar-refractivity contribution in [2.45, 2.75) is 34.2 Å².